The number of fused-ring (bicyclic) bond motifs is 1. The number of nitrogens with zero attached hydrogens (tertiary/aromatic N) is 2. The van der Waals surface area contributed by atoms with Crippen molar-refractivity contribution in [1.29, 1.82) is 0 Å². The van der Waals surface area contributed by atoms with E-state index in [1.165, 1.54) is 0 Å². The van der Waals surface area contributed by atoms with Crippen molar-refractivity contribution in [2.24, 2.45) is 5.73 Å². The first-order valence-electron chi connectivity index (χ1n) is 9.13. The Hall–Kier alpha value is -2.93. The molecule has 0 saturated heterocycles. The zero-order valence-electron chi connectivity index (χ0n) is 15.5. The number of urea groups is 1. The summed E-state index contributed by atoms with van der Waals surface area (Å²) in [5.74, 6) is 1.49. The van der Waals surface area contributed by atoms with Gasteiger partial charge < -0.3 is 15.2 Å². The summed E-state index contributed by atoms with van der Waals surface area (Å²) in [4.78, 5) is 15.6. The van der Waals surface area contributed by atoms with Crippen LogP contribution in [0, 0.1) is 0 Å². The van der Waals surface area contributed by atoms with Gasteiger partial charge in [-0.05, 0) is 43.5 Å². The maximum Gasteiger partial charge on any atom is 0.329 e. The first kappa shape index (κ1) is 19.8. The van der Waals surface area contributed by atoms with Gasteiger partial charge in [0, 0.05) is 17.6 Å². The van der Waals surface area contributed by atoms with Crippen LogP contribution in [0.2, 0.25) is 0 Å². The van der Waals surface area contributed by atoms with Crippen LogP contribution in [0.25, 0.3) is 10.9 Å². The predicted molar refractivity (Wildman–Crippen MR) is 114 cm³/mol. The molecule has 1 heterocycles. The monoisotopic (exact) mass is 397 g/mol. The van der Waals surface area contributed by atoms with Crippen molar-refractivity contribution in [3.63, 3.8) is 0 Å². The Bertz CT molecular complexity index is 930. The number of primary amides is 1. The molecule has 0 fully saturated rings. The lowest BCUT2D eigenvalue weighted by Crippen LogP contribution is -2.27. The zero-order valence-corrected chi connectivity index (χ0v) is 16.3. The van der Waals surface area contributed by atoms with E-state index >= 15 is 0 Å². The zero-order chi connectivity index (χ0) is 19.8. The Balaban J connectivity index is 1.37. The van der Waals surface area contributed by atoms with Crippen molar-refractivity contribution in [2.45, 2.75) is 19.3 Å². The summed E-state index contributed by atoms with van der Waals surface area (Å²) in [5.41, 5.74) is 6.68. The van der Waals surface area contributed by atoms with Crippen LogP contribution in [0.4, 0.5) is 10.5 Å². The minimum absolute atomic E-state index is 0.574. The van der Waals surface area contributed by atoms with E-state index in [9.17, 15) is 4.79 Å². The second-order valence-electron chi connectivity index (χ2n) is 6.24. The van der Waals surface area contributed by atoms with Gasteiger partial charge in [-0.15, -0.1) is 0 Å². The van der Waals surface area contributed by atoms with Crippen molar-refractivity contribution >= 4 is 35.4 Å². The van der Waals surface area contributed by atoms with Gasteiger partial charge >= 0.3 is 6.03 Å². The maximum absolute atomic E-state index is 11.2. The lowest BCUT2D eigenvalue weighted by atomic mass is 10.2. The van der Waals surface area contributed by atoms with Gasteiger partial charge in [0.15, 0.2) is 0 Å². The van der Waals surface area contributed by atoms with Crippen molar-refractivity contribution in [3.8, 4) is 11.5 Å². The molecule has 28 heavy (non-hydrogen) atoms. The quantitative estimate of drug-likeness (QED) is 0.409. The van der Waals surface area contributed by atoms with Gasteiger partial charge in [-0.3, -0.25) is 4.98 Å². The highest BCUT2D eigenvalue weighted by Crippen LogP contribution is 2.24. The average molecular weight is 398 g/mol. The van der Waals surface area contributed by atoms with E-state index in [0.717, 1.165) is 40.2 Å². The molecule has 0 aliphatic carbocycles. The Morgan fingerprint density at radius 2 is 1.75 bits per heavy atom. The highest BCUT2D eigenvalue weighted by Gasteiger charge is 2.08. The largest absolute Gasteiger partial charge is 0.494 e. The summed E-state index contributed by atoms with van der Waals surface area (Å²) in [6, 6.07) is 16.4. The van der Waals surface area contributed by atoms with Gasteiger partial charge in [-0.1, -0.05) is 37.1 Å². The molecule has 0 atom stereocenters. The number of ether oxygens (including phenoxy) is 2. The fraction of sp³-hybridized carbons (Fsp3) is 0.238. The average Bonchev–Trinajstić information content (AvgIpc) is 2.72. The molecule has 0 aliphatic rings. The molecule has 3 aromatic rings. The summed E-state index contributed by atoms with van der Waals surface area (Å²) in [6.45, 7) is 1.22. The Morgan fingerprint density at radius 1 is 1.00 bits per heavy atom. The third kappa shape index (κ3) is 5.29. The number of rotatable bonds is 9. The number of pyridine rings is 1. The van der Waals surface area contributed by atoms with Crippen LogP contribution in [0.15, 0.2) is 60.8 Å². The molecule has 2 amide bonds. The van der Waals surface area contributed by atoms with Crippen LogP contribution >= 0.6 is 12.8 Å². The van der Waals surface area contributed by atoms with Gasteiger partial charge in [-0.2, -0.15) is 0 Å². The summed E-state index contributed by atoms with van der Waals surface area (Å²) >= 11 is 4.05. The fourth-order valence-electron chi connectivity index (χ4n) is 2.78. The molecule has 0 bridgehead atoms. The number of amides is 2. The smallest absolute Gasteiger partial charge is 0.329 e. The molecular formula is C21H23N3O3S. The first-order valence-corrected chi connectivity index (χ1v) is 9.53. The number of hydrogen-bond acceptors (Lipinski definition) is 5. The van der Waals surface area contributed by atoms with Gasteiger partial charge in [0.2, 0.25) is 0 Å². The normalized spacial score (nSPS) is 10.6. The third-order valence-electron chi connectivity index (χ3n) is 4.18. The van der Waals surface area contributed by atoms with E-state index in [0.29, 0.717) is 24.7 Å². The van der Waals surface area contributed by atoms with E-state index in [1.807, 2.05) is 36.4 Å². The van der Waals surface area contributed by atoms with Crippen molar-refractivity contribution in [1.82, 2.24) is 4.98 Å². The minimum atomic E-state index is -0.637. The summed E-state index contributed by atoms with van der Waals surface area (Å²) in [6.07, 6.45) is 4.59. The molecule has 0 saturated carbocycles. The van der Waals surface area contributed by atoms with Gasteiger partial charge in [0.25, 0.3) is 0 Å². The lowest BCUT2D eigenvalue weighted by Gasteiger charge is -2.14. The standard InChI is InChI=1S/C21H23N3O3S/c22-21(25)24(28)17-9-5-10-18(15-17)26-13-2-1-3-14-27-19-11-4-7-16-8-6-12-23-20(16)19/h4-12,15,28H,1-3,13-14H2,(H2,22,25). The van der Waals surface area contributed by atoms with E-state index in [1.54, 1.807) is 24.4 Å². The molecule has 3 rings (SSSR count). The van der Waals surface area contributed by atoms with Gasteiger partial charge in [0.05, 0.1) is 18.9 Å². The number of hydrogen-bond donors (Lipinski definition) is 2. The van der Waals surface area contributed by atoms with E-state index in [-0.39, 0.29) is 0 Å². The molecule has 146 valence electrons. The molecule has 6 nitrogen and oxygen atoms in total. The first-order chi connectivity index (χ1) is 13.6. The Morgan fingerprint density at radius 3 is 2.57 bits per heavy atom. The van der Waals surface area contributed by atoms with Crippen LogP contribution in [0.1, 0.15) is 19.3 Å². The van der Waals surface area contributed by atoms with E-state index < -0.39 is 6.03 Å². The van der Waals surface area contributed by atoms with Gasteiger partial charge in [0.1, 0.15) is 17.0 Å². The fourth-order valence-corrected chi connectivity index (χ4v) is 2.90. The van der Waals surface area contributed by atoms with Crippen LogP contribution in [-0.2, 0) is 0 Å². The number of para-hydroxylation sites is 1. The number of benzene rings is 2. The summed E-state index contributed by atoms with van der Waals surface area (Å²) in [7, 11) is 0. The van der Waals surface area contributed by atoms with Crippen LogP contribution in [0.5, 0.6) is 11.5 Å². The number of unbranched alkanes of at least 4 members (excludes halogenated alkanes) is 2. The van der Waals surface area contributed by atoms with Crippen LogP contribution in [-0.4, -0.2) is 24.2 Å². The highest BCUT2D eigenvalue weighted by molar-refractivity contribution is 7.82. The third-order valence-corrected chi connectivity index (χ3v) is 4.61. The summed E-state index contributed by atoms with van der Waals surface area (Å²) < 4.78 is 12.7. The van der Waals surface area contributed by atoms with E-state index in [4.69, 9.17) is 15.2 Å². The molecule has 7 heteroatoms. The van der Waals surface area contributed by atoms with Gasteiger partial charge in [-0.25, -0.2) is 9.10 Å². The van der Waals surface area contributed by atoms with Crippen LogP contribution in [0.3, 0.4) is 0 Å². The lowest BCUT2D eigenvalue weighted by molar-refractivity contribution is 0.257. The number of thiol groups is 1. The number of carbonyl (C=O) groups is 1. The van der Waals surface area contributed by atoms with Crippen molar-refractivity contribution in [3.05, 3.63) is 60.8 Å². The highest BCUT2D eigenvalue weighted by atomic mass is 32.1. The molecule has 0 spiro atoms. The molecule has 0 unspecified atom stereocenters. The molecule has 1 aromatic heterocycles. The number of carbonyl (C=O) groups excluding carboxylic acids is 1. The predicted octanol–water partition coefficient (Wildman–Crippen LogP) is 4.59. The second kappa shape index (κ2) is 9.85. The number of anilines is 1. The Kier molecular flexibility index (Phi) is 6.97. The van der Waals surface area contributed by atoms with E-state index in [2.05, 4.69) is 17.8 Å². The maximum atomic E-state index is 11.2. The number of nitrogens with two attached hydrogens (primary N) is 1. The SMILES string of the molecule is NC(=O)N(S)c1cccc(OCCCCCOc2cccc3cccnc23)c1. The number of aromatic nitrogens is 1. The topological polar surface area (TPSA) is 77.7 Å². The van der Waals surface area contributed by atoms with Crippen molar-refractivity contribution in [2.75, 3.05) is 17.5 Å². The molecular weight excluding hydrogens is 374 g/mol. The van der Waals surface area contributed by atoms with Crippen molar-refractivity contribution < 1.29 is 14.3 Å². The summed E-state index contributed by atoms with van der Waals surface area (Å²) in [5, 5.41) is 1.08. The molecule has 2 aromatic carbocycles. The Labute approximate surface area is 169 Å². The second-order valence-corrected chi connectivity index (χ2v) is 6.64. The minimum Gasteiger partial charge on any atom is -0.494 e. The molecule has 2 N–H and O–H groups in total. The molecule has 0 aliphatic heterocycles. The van der Waals surface area contributed by atoms with Crippen LogP contribution < -0.4 is 19.5 Å². The molecule has 0 radical (unpaired) electrons.